The summed E-state index contributed by atoms with van der Waals surface area (Å²) in [6.07, 6.45) is 3.09. The fourth-order valence-electron chi connectivity index (χ4n) is 2.46. The molecular weight excluding hydrogens is 322 g/mol. The van der Waals surface area contributed by atoms with Gasteiger partial charge in [0.2, 0.25) is 5.88 Å². The van der Waals surface area contributed by atoms with Gasteiger partial charge in [-0.3, -0.25) is 4.79 Å². The number of carbonyl (C=O) groups excluding carboxylic acids is 1. The number of aromatic nitrogens is 3. The average molecular weight is 343 g/mol. The van der Waals surface area contributed by atoms with Crippen LogP contribution in [-0.2, 0) is 11.3 Å². The predicted molar refractivity (Wildman–Crippen MR) is 91.6 cm³/mol. The summed E-state index contributed by atoms with van der Waals surface area (Å²) in [5, 5.41) is 2.83. The quantitative estimate of drug-likeness (QED) is 0.838. The molecule has 0 unspecified atom stereocenters. The molecule has 1 N–H and O–H groups in total. The molecule has 132 valence electrons. The number of morpholine rings is 1. The number of anilines is 1. The van der Waals surface area contributed by atoms with Gasteiger partial charge in [-0.2, -0.15) is 0 Å². The molecular formula is C17H21N5O3. The highest BCUT2D eigenvalue weighted by Gasteiger charge is 2.13. The molecule has 1 aliphatic heterocycles. The minimum atomic E-state index is -0.277. The molecule has 3 rings (SSSR count). The first-order valence-electron chi connectivity index (χ1n) is 8.27. The summed E-state index contributed by atoms with van der Waals surface area (Å²) >= 11 is 0. The number of nitrogens with one attached hydrogen (secondary N) is 1. The smallest absolute Gasteiger partial charge is 0.270 e. The number of amides is 1. The Morgan fingerprint density at radius 3 is 2.84 bits per heavy atom. The largest absolute Gasteiger partial charge is 0.478 e. The number of rotatable bonds is 6. The number of carbonyl (C=O) groups is 1. The normalized spacial score (nSPS) is 14.2. The minimum Gasteiger partial charge on any atom is -0.478 e. The zero-order valence-electron chi connectivity index (χ0n) is 14.1. The van der Waals surface area contributed by atoms with Crippen molar-refractivity contribution in [2.24, 2.45) is 0 Å². The molecule has 2 aromatic rings. The Morgan fingerprint density at radius 2 is 2.12 bits per heavy atom. The van der Waals surface area contributed by atoms with Crippen molar-refractivity contribution in [3.8, 4) is 5.88 Å². The highest BCUT2D eigenvalue weighted by atomic mass is 16.5. The van der Waals surface area contributed by atoms with Crippen molar-refractivity contribution in [3.05, 3.63) is 42.0 Å². The van der Waals surface area contributed by atoms with E-state index in [-0.39, 0.29) is 11.6 Å². The molecule has 25 heavy (non-hydrogen) atoms. The van der Waals surface area contributed by atoms with Crippen LogP contribution in [0.5, 0.6) is 5.88 Å². The van der Waals surface area contributed by atoms with Gasteiger partial charge in [-0.15, -0.1) is 0 Å². The van der Waals surface area contributed by atoms with Crippen molar-refractivity contribution in [1.29, 1.82) is 0 Å². The Bertz CT molecular complexity index is 702. The molecule has 0 atom stereocenters. The summed E-state index contributed by atoms with van der Waals surface area (Å²) in [5.74, 6) is 1.04. The molecule has 8 heteroatoms. The van der Waals surface area contributed by atoms with Crippen molar-refractivity contribution in [2.45, 2.75) is 13.5 Å². The maximum atomic E-state index is 12.2. The van der Waals surface area contributed by atoms with E-state index in [9.17, 15) is 4.79 Å². The van der Waals surface area contributed by atoms with Gasteiger partial charge in [0.1, 0.15) is 17.8 Å². The maximum Gasteiger partial charge on any atom is 0.270 e. The van der Waals surface area contributed by atoms with Crippen LogP contribution in [0.15, 0.2) is 30.7 Å². The maximum absolute atomic E-state index is 12.2. The second-order valence-electron chi connectivity index (χ2n) is 5.48. The van der Waals surface area contributed by atoms with Gasteiger partial charge < -0.3 is 19.7 Å². The summed E-state index contributed by atoms with van der Waals surface area (Å²) < 4.78 is 10.6. The van der Waals surface area contributed by atoms with Crippen LogP contribution in [-0.4, -0.2) is 53.8 Å². The molecule has 0 aliphatic carbocycles. The third-order valence-electron chi connectivity index (χ3n) is 3.76. The van der Waals surface area contributed by atoms with E-state index in [1.165, 1.54) is 12.4 Å². The Kier molecular flexibility index (Phi) is 5.73. The van der Waals surface area contributed by atoms with E-state index in [2.05, 4.69) is 25.2 Å². The van der Waals surface area contributed by atoms with E-state index in [0.29, 0.717) is 19.0 Å². The second-order valence-corrected chi connectivity index (χ2v) is 5.48. The summed E-state index contributed by atoms with van der Waals surface area (Å²) in [6, 6.07) is 5.45. The van der Waals surface area contributed by atoms with Crippen LogP contribution < -0.4 is 15.0 Å². The lowest BCUT2D eigenvalue weighted by Gasteiger charge is -2.27. The van der Waals surface area contributed by atoms with E-state index in [0.717, 1.165) is 37.7 Å². The van der Waals surface area contributed by atoms with Gasteiger partial charge in [0.25, 0.3) is 5.91 Å². The molecule has 1 saturated heterocycles. The Hall–Kier alpha value is -2.74. The minimum absolute atomic E-state index is 0.274. The van der Waals surface area contributed by atoms with Gasteiger partial charge in [0, 0.05) is 31.9 Å². The second kappa shape index (κ2) is 8.39. The van der Waals surface area contributed by atoms with E-state index in [1.807, 2.05) is 19.1 Å². The molecule has 0 bridgehead atoms. The molecule has 1 aliphatic rings. The van der Waals surface area contributed by atoms with Gasteiger partial charge in [-0.1, -0.05) is 6.07 Å². The molecule has 0 aromatic carbocycles. The zero-order valence-corrected chi connectivity index (χ0v) is 14.1. The van der Waals surface area contributed by atoms with E-state index >= 15 is 0 Å². The van der Waals surface area contributed by atoms with Crippen molar-refractivity contribution < 1.29 is 14.3 Å². The third kappa shape index (κ3) is 4.63. The first kappa shape index (κ1) is 17.1. The number of hydrogen-bond donors (Lipinski definition) is 1. The molecule has 0 radical (unpaired) electrons. The van der Waals surface area contributed by atoms with Gasteiger partial charge >= 0.3 is 0 Å². The van der Waals surface area contributed by atoms with E-state index in [1.54, 1.807) is 6.20 Å². The molecule has 1 fully saturated rings. The molecule has 8 nitrogen and oxygen atoms in total. The lowest BCUT2D eigenvalue weighted by molar-refractivity contribution is 0.0945. The Balaban J connectivity index is 1.55. The third-order valence-corrected chi connectivity index (χ3v) is 3.76. The topological polar surface area (TPSA) is 89.5 Å². The number of nitrogens with zero attached hydrogens (tertiary/aromatic N) is 4. The first-order valence-corrected chi connectivity index (χ1v) is 8.27. The molecule has 1 amide bonds. The SMILES string of the molecule is CCOc1cc(C(=O)NCc2ccc(N3CCOCC3)nc2)ncn1. The summed E-state index contributed by atoms with van der Waals surface area (Å²) in [7, 11) is 0. The van der Waals surface area contributed by atoms with Gasteiger partial charge in [0.15, 0.2) is 0 Å². The standard InChI is InChI=1S/C17H21N5O3/c1-2-25-16-9-14(20-12-21-16)17(23)19-11-13-3-4-15(18-10-13)22-5-7-24-8-6-22/h3-4,9-10,12H,2,5-8,11H2,1H3,(H,19,23). The van der Waals surface area contributed by atoms with Crippen LogP contribution in [0, 0.1) is 0 Å². The molecule has 0 saturated carbocycles. The van der Waals surface area contributed by atoms with Gasteiger partial charge in [-0.25, -0.2) is 15.0 Å². The molecule has 2 aromatic heterocycles. The van der Waals surface area contributed by atoms with Crippen molar-refractivity contribution in [1.82, 2.24) is 20.3 Å². The lowest BCUT2D eigenvalue weighted by atomic mass is 10.2. The first-order chi connectivity index (χ1) is 12.3. The fraction of sp³-hybridized carbons (Fsp3) is 0.412. The summed E-state index contributed by atoms with van der Waals surface area (Å²) in [4.78, 5) is 26.8. The lowest BCUT2D eigenvalue weighted by Crippen LogP contribution is -2.36. The van der Waals surface area contributed by atoms with E-state index < -0.39 is 0 Å². The average Bonchev–Trinajstić information content (AvgIpc) is 2.68. The van der Waals surface area contributed by atoms with Crippen LogP contribution in [0.1, 0.15) is 23.0 Å². The number of pyridine rings is 1. The highest BCUT2D eigenvalue weighted by Crippen LogP contribution is 2.13. The van der Waals surface area contributed by atoms with Crippen molar-refractivity contribution in [3.63, 3.8) is 0 Å². The van der Waals surface area contributed by atoms with Crippen LogP contribution in [0.2, 0.25) is 0 Å². The van der Waals surface area contributed by atoms with Crippen molar-refractivity contribution in [2.75, 3.05) is 37.8 Å². The van der Waals surface area contributed by atoms with Gasteiger partial charge in [0.05, 0.1) is 19.8 Å². The van der Waals surface area contributed by atoms with Crippen LogP contribution in [0.3, 0.4) is 0 Å². The molecule has 0 spiro atoms. The van der Waals surface area contributed by atoms with Crippen LogP contribution in [0.4, 0.5) is 5.82 Å². The van der Waals surface area contributed by atoms with Crippen LogP contribution >= 0.6 is 0 Å². The predicted octanol–water partition coefficient (Wildman–Crippen LogP) is 1.04. The zero-order chi connectivity index (χ0) is 17.5. The fourth-order valence-corrected chi connectivity index (χ4v) is 2.46. The van der Waals surface area contributed by atoms with Crippen LogP contribution in [0.25, 0.3) is 0 Å². The number of ether oxygens (including phenoxy) is 2. The van der Waals surface area contributed by atoms with Crippen molar-refractivity contribution >= 4 is 11.7 Å². The van der Waals surface area contributed by atoms with Gasteiger partial charge in [-0.05, 0) is 18.6 Å². The van der Waals surface area contributed by atoms with E-state index in [4.69, 9.17) is 9.47 Å². The highest BCUT2D eigenvalue weighted by molar-refractivity contribution is 5.92. The summed E-state index contributed by atoms with van der Waals surface area (Å²) in [6.45, 7) is 5.86. The molecule has 3 heterocycles. The summed E-state index contributed by atoms with van der Waals surface area (Å²) in [5.41, 5.74) is 1.20. The Morgan fingerprint density at radius 1 is 1.28 bits per heavy atom. The Labute approximate surface area is 146 Å². The number of hydrogen-bond acceptors (Lipinski definition) is 7. The monoisotopic (exact) mass is 343 g/mol.